The molecular formula is C19H18N2O3S. The minimum Gasteiger partial charge on any atom is -0.358 e. The van der Waals surface area contributed by atoms with Gasteiger partial charge in [0.05, 0.1) is 0 Å². The first-order valence-electron chi connectivity index (χ1n) is 7.77. The fraction of sp³-hybridized carbons (Fsp3) is 0.158. The van der Waals surface area contributed by atoms with Crippen LogP contribution in [0.3, 0.4) is 0 Å². The smallest absolute Gasteiger partial charge is 0.340 e. The van der Waals surface area contributed by atoms with E-state index in [1.54, 1.807) is 19.1 Å². The molecule has 0 radical (unpaired) electrons. The number of hydrogen-bond donors (Lipinski definition) is 0. The summed E-state index contributed by atoms with van der Waals surface area (Å²) in [6.07, 6.45) is 0. The summed E-state index contributed by atoms with van der Waals surface area (Å²) in [6, 6.07) is 15.7. The van der Waals surface area contributed by atoms with E-state index in [1.807, 2.05) is 38.1 Å². The zero-order valence-electron chi connectivity index (χ0n) is 14.2. The molecule has 0 bridgehead atoms. The minimum atomic E-state index is -3.94. The van der Waals surface area contributed by atoms with Crippen LogP contribution in [-0.2, 0) is 10.1 Å². The Bertz CT molecular complexity index is 996. The highest BCUT2D eigenvalue weighted by atomic mass is 32.2. The molecule has 0 aliphatic carbocycles. The summed E-state index contributed by atoms with van der Waals surface area (Å²) in [5.74, 6) is 0.428. The van der Waals surface area contributed by atoms with Gasteiger partial charge >= 0.3 is 10.1 Å². The topological polar surface area (TPSA) is 69.2 Å². The van der Waals surface area contributed by atoms with Gasteiger partial charge < -0.3 is 4.18 Å². The molecule has 3 rings (SSSR count). The standard InChI is InChI=1S/C19H18N2O3S/c1-13-4-8-16(9-5-13)19-20-15(3)12-18(21-19)24-25(22,23)17-10-6-14(2)7-11-17/h4-12H,1-3H3. The molecule has 0 saturated heterocycles. The Morgan fingerprint density at radius 1 is 0.800 bits per heavy atom. The number of rotatable bonds is 4. The zero-order chi connectivity index (χ0) is 18.0. The maximum Gasteiger partial charge on any atom is 0.340 e. The molecule has 0 saturated carbocycles. The number of nitrogens with zero attached hydrogens (tertiary/aromatic N) is 2. The van der Waals surface area contributed by atoms with Gasteiger partial charge in [-0.1, -0.05) is 47.5 Å². The van der Waals surface area contributed by atoms with Crippen molar-refractivity contribution in [1.82, 2.24) is 9.97 Å². The van der Waals surface area contributed by atoms with E-state index >= 15 is 0 Å². The molecule has 0 N–H and O–H groups in total. The molecule has 0 amide bonds. The minimum absolute atomic E-state index is 0.00338. The van der Waals surface area contributed by atoms with Crippen molar-refractivity contribution in [3.8, 4) is 17.3 Å². The molecule has 1 heterocycles. The quantitative estimate of drug-likeness (QED) is 0.666. The SMILES string of the molecule is Cc1ccc(-c2nc(C)cc(OS(=O)(=O)c3ccc(C)cc3)n2)cc1. The van der Waals surface area contributed by atoms with Crippen molar-refractivity contribution in [3.05, 3.63) is 71.4 Å². The third-order valence-electron chi connectivity index (χ3n) is 3.65. The summed E-state index contributed by atoms with van der Waals surface area (Å²) >= 11 is 0. The van der Waals surface area contributed by atoms with E-state index in [0.717, 1.165) is 16.7 Å². The van der Waals surface area contributed by atoms with Crippen molar-refractivity contribution >= 4 is 10.1 Å². The van der Waals surface area contributed by atoms with E-state index in [1.165, 1.54) is 18.2 Å². The molecule has 0 aliphatic rings. The molecule has 5 nitrogen and oxygen atoms in total. The van der Waals surface area contributed by atoms with Gasteiger partial charge in [0.2, 0.25) is 5.88 Å². The third kappa shape index (κ3) is 4.03. The zero-order valence-corrected chi connectivity index (χ0v) is 15.0. The average Bonchev–Trinajstić information content (AvgIpc) is 2.55. The van der Waals surface area contributed by atoms with E-state index in [2.05, 4.69) is 9.97 Å². The molecule has 0 fully saturated rings. The van der Waals surface area contributed by atoms with Gasteiger partial charge in [0, 0.05) is 17.3 Å². The van der Waals surface area contributed by atoms with Gasteiger partial charge in [-0.3, -0.25) is 0 Å². The van der Waals surface area contributed by atoms with E-state index in [9.17, 15) is 8.42 Å². The molecule has 0 spiro atoms. The summed E-state index contributed by atoms with van der Waals surface area (Å²) in [6.45, 7) is 5.65. The summed E-state index contributed by atoms with van der Waals surface area (Å²) in [5.41, 5.74) is 3.51. The van der Waals surface area contributed by atoms with E-state index in [-0.39, 0.29) is 10.8 Å². The second kappa shape index (κ2) is 6.64. The Balaban J connectivity index is 1.95. The number of hydrogen-bond acceptors (Lipinski definition) is 5. The monoisotopic (exact) mass is 354 g/mol. The van der Waals surface area contributed by atoms with Crippen LogP contribution in [0.4, 0.5) is 0 Å². The van der Waals surface area contributed by atoms with Crippen LogP contribution in [0.2, 0.25) is 0 Å². The molecular weight excluding hydrogens is 336 g/mol. The van der Waals surface area contributed by atoms with Crippen LogP contribution in [0.15, 0.2) is 59.5 Å². The van der Waals surface area contributed by atoms with Crippen molar-refractivity contribution in [3.63, 3.8) is 0 Å². The Kier molecular flexibility index (Phi) is 4.55. The highest BCUT2D eigenvalue weighted by Crippen LogP contribution is 2.22. The fourth-order valence-corrected chi connectivity index (χ4v) is 3.16. The fourth-order valence-electron chi connectivity index (χ4n) is 2.28. The molecule has 1 aromatic heterocycles. The normalized spacial score (nSPS) is 11.3. The Morgan fingerprint density at radius 2 is 1.36 bits per heavy atom. The Morgan fingerprint density at radius 3 is 1.96 bits per heavy atom. The van der Waals surface area contributed by atoms with Gasteiger partial charge in [-0.25, -0.2) is 4.98 Å². The summed E-state index contributed by atoms with van der Waals surface area (Å²) in [4.78, 5) is 8.70. The van der Waals surface area contributed by atoms with E-state index in [4.69, 9.17) is 4.18 Å². The van der Waals surface area contributed by atoms with Crippen LogP contribution in [0.5, 0.6) is 5.88 Å². The number of aryl methyl sites for hydroxylation is 3. The van der Waals surface area contributed by atoms with E-state index < -0.39 is 10.1 Å². The first-order valence-corrected chi connectivity index (χ1v) is 9.18. The molecule has 0 aliphatic heterocycles. The van der Waals surface area contributed by atoms with Crippen LogP contribution in [-0.4, -0.2) is 18.4 Å². The summed E-state index contributed by atoms with van der Waals surface area (Å²) in [5, 5.41) is 0. The maximum atomic E-state index is 12.4. The van der Waals surface area contributed by atoms with Crippen molar-refractivity contribution in [2.24, 2.45) is 0 Å². The summed E-state index contributed by atoms with van der Waals surface area (Å²) in [7, 11) is -3.94. The number of benzene rings is 2. The number of aromatic nitrogens is 2. The lowest BCUT2D eigenvalue weighted by molar-refractivity contribution is 0.475. The van der Waals surface area contributed by atoms with Crippen molar-refractivity contribution in [2.75, 3.05) is 0 Å². The molecule has 0 atom stereocenters. The lowest BCUT2D eigenvalue weighted by atomic mass is 10.1. The van der Waals surface area contributed by atoms with Crippen molar-refractivity contribution in [1.29, 1.82) is 0 Å². The van der Waals surface area contributed by atoms with Gasteiger partial charge in [0.1, 0.15) is 4.90 Å². The largest absolute Gasteiger partial charge is 0.358 e. The van der Waals surface area contributed by atoms with Crippen LogP contribution in [0.25, 0.3) is 11.4 Å². The molecule has 0 unspecified atom stereocenters. The Labute approximate surface area is 147 Å². The highest BCUT2D eigenvalue weighted by molar-refractivity contribution is 7.87. The second-order valence-electron chi connectivity index (χ2n) is 5.89. The molecule has 6 heteroatoms. The van der Waals surface area contributed by atoms with Crippen molar-refractivity contribution in [2.45, 2.75) is 25.7 Å². The summed E-state index contributed by atoms with van der Waals surface area (Å²) < 4.78 is 30.1. The molecule has 3 aromatic rings. The first kappa shape index (κ1) is 17.1. The van der Waals surface area contributed by atoms with Gasteiger partial charge in [-0.05, 0) is 32.9 Å². The van der Waals surface area contributed by atoms with Gasteiger partial charge in [-0.15, -0.1) is 0 Å². The molecule has 128 valence electrons. The van der Waals surface area contributed by atoms with Crippen molar-refractivity contribution < 1.29 is 12.6 Å². The highest BCUT2D eigenvalue weighted by Gasteiger charge is 2.18. The van der Waals surface area contributed by atoms with Crippen LogP contribution in [0, 0.1) is 20.8 Å². The molecule has 2 aromatic carbocycles. The first-order chi connectivity index (χ1) is 11.8. The van der Waals surface area contributed by atoms with Gasteiger partial charge in [-0.2, -0.15) is 13.4 Å². The van der Waals surface area contributed by atoms with E-state index in [0.29, 0.717) is 11.5 Å². The second-order valence-corrected chi connectivity index (χ2v) is 7.43. The lowest BCUT2D eigenvalue weighted by Gasteiger charge is -2.09. The van der Waals surface area contributed by atoms with Gasteiger partial charge in [0.25, 0.3) is 0 Å². The van der Waals surface area contributed by atoms with Crippen LogP contribution >= 0.6 is 0 Å². The molecule has 25 heavy (non-hydrogen) atoms. The maximum absolute atomic E-state index is 12.4. The Hall–Kier alpha value is -2.73. The third-order valence-corrected chi connectivity index (χ3v) is 4.88. The predicted molar refractivity (Wildman–Crippen MR) is 95.9 cm³/mol. The van der Waals surface area contributed by atoms with Crippen LogP contribution in [0.1, 0.15) is 16.8 Å². The average molecular weight is 354 g/mol. The predicted octanol–water partition coefficient (Wildman–Crippen LogP) is 3.84. The van der Waals surface area contributed by atoms with Crippen LogP contribution < -0.4 is 4.18 Å². The lowest BCUT2D eigenvalue weighted by Crippen LogP contribution is -2.11. The van der Waals surface area contributed by atoms with Gasteiger partial charge in [0.15, 0.2) is 5.82 Å².